The van der Waals surface area contributed by atoms with E-state index in [-0.39, 0.29) is 29.7 Å². The molecule has 1 aromatic rings. The van der Waals surface area contributed by atoms with Crippen LogP contribution in [0.3, 0.4) is 0 Å². The summed E-state index contributed by atoms with van der Waals surface area (Å²) in [6.45, 7) is 14.2. The van der Waals surface area contributed by atoms with E-state index in [9.17, 15) is 14.4 Å². The first-order valence-corrected chi connectivity index (χ1v) is 12.3. The lowest BCUT2D eigenvalue weighted by Gasteiger charge is -2.43. The quantitative estimate of drug-likeness (QED) is 0.594. The molecule has 0 radical (unpaired) electrons. The number of carbonyl (C=O) groups is 3. The average molecular weight is 469 g/mol. The zero-order chi connectivity index (χ0) is 24.9. The van der Waals surface area contributed by atoms with Gasteiger partial charge in [0.25, 0.3) is 5.91 Å². The van der Waals surface area contributed by atoms with E-state index < -0.39 is 5.54 Å². The molecule has 1 atom stereocenters. The van der Waals surface area contributed by atoms with Gasteiger partial charge in [0.05, 0.1) is 6.67 Å². The van der Waals surface area contributed by atoms with Crippen molar-refractivity contribution in [1.82, 2.24) is 15.1 Å². The maximum Gasteiger partial charge on any atom is 0.250 e. The number of nitrogens with zero attached hydrogens (tertiary/aromatic N) is 3. The van der Waals surface area contributed by atoms with E-state index in [1.54, 1.807) is 11.0 Å². The van der Waals surface area contributed by atoms with Gasteiger partial charge in [-0.05, 0) is 42.7 Å². The van der Waals surface area contributed by atoms with Crippen molar-refractivity contribution in [1.29, 1.82) is 0 Å². The highest BCUT2D eigenvalue weighted by atomic mass is 16.2. The average Bonchev–Trinajstić information content (AvgIpc) is 3.03. The second kappa shape index (κ2) is 10.6. The highest BCUT2D eigenvalue weighted by molar-refractivity contribution is 5.96. The third-order valence-corrected chi connectivity index (χ3v) is 6.79. The van der Waals surface area contributed by atoms with Crippen molar-refractivity contribution in [3.8, 4) is 0 Å². The molecule has 1 aromatic carbocycles. The largest absolute Gasteiger partial charge is 0.351 e. The Labute approximate surface area is 204 Å². The summed E-state index contributed by atoms with van der Waals surface area (Å²) in [4.78, 5) is 44.7. The molecule has 1 spiro atoms. The molecule has 186 valence electrons. The van der Waals surface area contributed by atoms with E-state index in [0.29, 0.717) is 51.5 Å². The van der Waals surface area contributed by atoms with E-state index in [1.807, 2.05) is 35.2 Å². The van der Waals surface area contributed by atoms with E-state index in [2.05, 4.69) is 44.5 Å². The van der Waals surface area contributed by atoms with Gasteiger partial charge in [-0.1, -0.05) is 52.0 Å². The van der Waals surface area contributed by atoms with Crippen LogP contribution < -0.4 is 10.2 Å². The third kappa shape index (κ3) is 5.99. The van der Waals surface area contributed by atoms with Crippen LogP contribution >= 0.6 is 0 Å². The summed E-state index contributed by atoms with van der Waals surface area (Å²) in [5, 5.41) is 2.76. The zero-order valence-corrected chi connectivity index (χ0v) is 21.2. The molecular formula is C27H40N4O3. The van der Waals surface area contributed by atoms with Crippen LogP contribution in [0.25, 0.3) is 0 Å². The lowest BCUT2D eigenvalue weighted by Crippen LogP contribution is -2.57. The number of hydrogen-bond acceptors (Lipinski definition) is 4. The summed E-state index contributed by atoms with van der Waals surface area (Å²) < 4.78 is 0. The number of likely N-dealkylation sites (tertiary alicyclic amines) is 1. The van der Waals surface area contributed by atoms with Crippen molar-refractivity contribution in [3.63, 3.8) is 0 Å². The molecular weight excluding hydrogens is 428 g/mol. The lowest BCUT2D eigenvalue weighted by molar-refractivity contribution is -0.140. The van der Waals surface area contributed by atoms with E-state index in [1.165, 1.54) is 0 Å². The van der Waals surface area contributed by atoms with Gasteiger partial charge in [0.2, 0.25) is 11.8 Å². The van der Waals surface area contributed by atoms with E-state index >= 15 is 0 Å². The Bertz CT molecular complexity index is 885. The smallest absolute Gasteiger partial charge is 0.250 e. The van der Waals surface area contributed by atoms with Gasteiger partial charge in [-0.25, -0.2) is 0 Å². The molecule has 1 N–H and O–H groups in total. The Morgan fingerprint density at radius 2 is 1.82 bits per heavy atom. The first-order valence-electron chi connectivity index (χ1n) is 12.3. The standard InChI is InChI=1S/C27H40N4O3/c1-6-14-28-23(32)19-30-20-31(22-10-8-7-9-11-22)27(25(30)34)12-15-29(16-13-27)24(33)17-21(2)18-26(3,4)5/h6-11,21H,1,12-20H2,2-5H3,(H,28,32). The number of carbonyl (C=O) groups excluding carboxylic acids is 3. The van der Waals surface area contributed by atoms with Crippen molar-refractivity contribution in [2.24, 2.45) is 11.3 Å². The van der Waals surface area contributed by atoms with E-state index in [0.717, 1.165) is 12.1 Å². The van der Waals surface area contributed by atoms with Gasteiger partial charge in [0.15, 0.2) is 0 Å². The number of nitrogens with one attached hydrogen (secondary N) is 1. The molecule has 3 amide bonds. The number of amides is 3. The van der Waals surface area contributed by atoms with Crippen molar-refractivity contribution < 1.29 is 14.4 Å². The predicted molar refractivity (Wildman–Crippen MR) is 135 cm³/mol. The number of piperidine rings is 1. The minimum atomic E-state index is -0.728. The summed E-state index contributed by atoms with van der Waals surface area (Å²) >= 11 is 0. The molecule has 0 saturated carbocycles. The Morgan fingerprint density at radius 3 is 2.41 bits per heavy atom. The van der Waals surface area contributed by atoms with Gasteiger partial charge in [-0.3, -0.25) is 14.4 Å². The maximum absolute atomic E-state index is 13.7. The van der Waals surface area contributed by atoms with Gasteiger partial charge < -0.3 is 20.0 Å². The van der Waals surface area contributed by atoms with Gasteiger partial charge in [-0.2, -0.15) is 0 Å². The molecule has 2 aliphatic heterocycles. The number of anilines is 1. The number of hydrogen-bond donors (Lipinski definition) is 1. The molecule has 7 heteroatoms. The SMILES string of the molecule is C=CCNC(=O)CN1CN(c2ccccc2)C2(CCN(C(=O)CC(C)CC(C)(C)C)CC2)C1=O. The summed E-state index contributed by atoms with van der Waals surface area (Å²) in [7, 11) is 0. The van der Waals surface area contributed by atoms with Crippen molar-refractivity contribution in [2.75, 3.05) is 37.7 Å². The second-order valence-corrected chi connectivity index (χ2v) is 11.0. The highest BCUT2D eigenvalue weighted by Crippen LogP contribution is 2.39. The highest BCUT2D eigenvalue weighted by Gasteiger charge is 2.54. The van der Waals surface area contributed by atoms with Crippen molar-refractivity contribution in [2.45, 2.75) is 58.9 Å². The Hall–Kier alpha value is -2.83. The van der Waals surface area contributed by atoms with Crippen LogP contribution in [0.4, 0.5) is 5.69 Å². The molecule has 0 aromatic heterocycles. The van der Waals surface area contributed by atoms with E-state index in [4.69, 9.17) is 0 Å². The second-order valence-electron chi connectivity index (χ2n) is 11.0. The molecule has 0 bridgehead atoms. The van der Waals surface area contributed by atoms with Gasteiger partial charge >= 0.3 is 0 Å². The van der Waals surface area contributed by atoms with Gasteiger partial charge in [0.1, 0.15) is 12.1 Å². The summed E-state index contributed by atoms with van der Waals surface area (Å²) in [5.74, 6) is 0.267. The molecule has 7 nitrogen and oxygen atoms in total. The minimum Gasteiger partial charge on any atom is -0.351 e. The van der Waals surface area contributed by atoms with Crippen molar-refractivity contribution >= 4 is 23.4 Å². The monoisotopic (exact) mass is 468 g/mol. The Morgan fingerprint density at radius 1 is 1.18 bits per heavy atom. The topological polar surface area (TPSA) is 73.0 Å². The first-order chi connectivity index (χ1) is 16.1. The van der Waals surface area contributed by atoms with Crippen LogP contribution in [0.15, 0.2) is 43.0 Å². The summed E-state index contributed by atoms with van der Waals surface area (Å²) in [6, 6.07) is 9.88. The third-order valence-electron chi connectivity index (χ3n) is 6.79. The fourth-order valence-electron chi connectivity index (χ4n) is 5.41. The molecule has 0 aliphatic carbocycles. The fourth-order valence-corrected chi connectivity index (χ4v) is 5.41. The number of rotatable bonds is 8. The molecule has 2 heterocycles. The molecule has 1 unspecified atom stereocenters. The normalized spacial score (nSPS) is 18.8. The zero-order valence-electron chi connectivity index (χ0n) is 21.2. The van der Waals surface area contributed by atoms with Gasteiger partial charge in [-0.15, -0.1) is 6.58 Å². The maximum atomic E-state index is 13.7. The molecule has 34 heavy (non-hydrogen) atoms. The number of para-hydroxylation sites is 1. The van der Waals surface area contributed by atoms with Gasteiger partial charge in [0, 0.05) is 31.7 Å². The van der Waals surface area contributed by atoms with Crippen LogP contribution in [0.5, 0.6) is 0 Å². The van der Waals surface area contributed by atoms with Crippen LogP contribution in [0, 0.1) is 11.3 Å². The number of benzene rings is 1. The van der Waals surface area contributed by atoms with Crippen LogP contribution in [0.1, 0.15) is 53.4 Å². The summed E-state index contributed by atoms with van der Waals surface area (Å²) in [6.07, 6.45) is 4.28. The first kappa shape index (κ1) is 25.8. The summed E-state index contributed by atoms with van der Waals surface area (Å²) in [5.41, 5.74) is 0.427. The molecule has 2 fully saturated rings. The Balaban J connectivity index is 1.72. The fraction of sp³-hybridized carbons (Fsp3) is 0.593. The van der Waals surface area contributed by atoms with Crippen LogP contribution in [0.2, 0.25) is 0 Å². The minimum absolute atomic E-state index is 0.0186. The Kier molecular flexibility index (Phi) is 8.05. The molecule has 3 rings (SSSR count). The van der Waals surface area contributed by atoms with Crippen LogP contribution in [-0.4, -0.2) is 65.9 Å². The predicted octanol–water partition coefficient (Wildman–Crippen LogP) is 3.42. The molecule has 2 saturated heterocycles. The van der Waals surface area contributed by atoms with Crippen LogP contribution in [-0.2, 0) is 14.4 Å². The van der Waals surface area contributed by atoms with Crippen molar-refractivity contribution in [3.05, 3.63) is 43.0 Å². The molecule has 2 aliphatic rings. The lowest BCUT2D eigenvalue weighted by atomic mass is 9.83.